The lowest BCUT2D eigenvalue weighted by Crippen LogP contribution is -2.81. The van der Waals surface area contributed by atoms with Crippen LogP contribution in [-0.2, 0) is 18.9 Å². The summed E-state index contributed by atoms with van der Waals surface area (Å²) in [7, 11) is 6.43. The zero-order chi connectivity index (χ0) is 38.3. The molecule has 0 unspecified atom stereocenters. The van der Waals surface area contributed by atoms with E-state index in [0.29, 0.717) is 25.7 Å². The summed E-state index contributed by atoms with van der Waals surface area (Å²) in [5, 5.41) is 68.8. The van der Waals surface area contributed by atoms with Gasteiger partial charge in [0.1, 0.15) is 12.2 Å². The molecule has 0 saturated heterocycles. The van der Waals surface area contributed by atoms with Crippen LogP contribution in [0, 0.1) is 56.2 Å². The van der Waals surface area contributed by atoms with E-state index >= 15 is 0 Å². The van der Waals surface area contributed by atoms with Gasteiger partial charge in [-0.3, -0.25) is 0 Å². The molecule has 10 fully saturated rings. The molecule has 10 nitrogen and oxygen atoms in total. The van der Waals surface area contributed by atoms with Crippen LogP contribution in [0.15, 0.2) is 0 Å². The Balaban J connectivity index is 0.000000162. The van der Waals surface area contributed by atoms with E-state index in [9.17, 15) is 30.6 Å². The van der Waals surface area contributed by atoms with E-state index in [4.69, 9.17) is 18.9 Å². The van der Waals surface area contributed by atoms with Gasteiger partial charge in [0, 0.05) is 61.9 Å². The second kappa shape index (κ2) is 12.1. The van der Waals surface area contributed by atoms with E-state index in [2.05, 4.69) is 41.5 Å². The first kappa shape index (κ1) is 39.8. The highest BCUT2D eigenvalue weighted by atomic mass is 16.7. The molecule has 52 heavy (non-hydrogen) atoms. The summed E-state index contributed by atoms with van der Waals surface area (Å²) in [5.41, 5.74) is -4.21. The summed E-state index contributed by atoms with van der Waals surface area (Å²) in [4.78, 5) is 0. The summed E-state index contributed by atoms with van der Waals surface area (Å²) < 4.78 is 23.1. The predicted molar refractivity (Wildman–Crippen MR) is 195 cm³/mol. The van der Waals surface area contributed by atoms with Crippen molar-refractivity contribution in [1.82, 2.24) is 0 Å². The average molecular weight is 737 g/mol. The molecule has 10 rings (SSSR count). The lowest BCUT2D eigenvalue weighted by molar-refractivity contribution is -0.414. The third-order valence-electron chi connectivity index (χ3n) is 19.4. The molecule has 2 spiro atoms. The number of rotatable bonds is 4. The van der Waals surface area contributed by atoms with Crippen LogP contribution < -0.4 is 0 Å². The van der Waals surface area contributed by atoms with Gasteiger partial charge in [0.05, 0.1) is 23.4 Å². The minimum Gasteiger partial charge on any atom is -0.393 e. The lowest BCUT2D eigenvalue weighted by atomic mass is 9.33. The number of aliphatic hydroxyl groups excluding tert-OH is 4. The Labute approximate surface area is 312 Å². The fourth-order valence-corrected chi connectivity index (χ4v) is 16.3. The van der Waals surface area contributed by atoms with Crippen LogP contribution in [-0.4, -0.2) is 106 Å². The maximum absolute atomic E-state index is 12.3. The third-order valence-corrected chi connectivity index (χ3v) is 19.4. The molecule has 10 aliphatic rings. The molecule has 0 aliphatic heterocycles. The Bertz CT molecular complexity index is 1280. The lowest BCUT2D eigenvalue weighted by Gasteiger charge is -2.75. The first-order valence-corrected chi connectivity index (χ1v) is 20.5. The number of ether oxygens (including phenoxy) is 4. The van der Waals surface area contributed by atoms with E-state index < -0.39 is 45.8 Å². The smallest absolute Gasteiger partial charge is 0.197 e. The van der Waals surface area contributed by atoms with Crippen molar-refractivity contribution in [3.8, 4) is 0 Å². The van der Waals surface area contributed by atoms with Crippen molar-refractivity contribution >= 4 is 0 Å². The number of methoxy groups -OCH3 is 4. The topological polar surface area (TPSA) is 158 Å². The zero-order valence-electron chi connectivity index (χ0n) is 33.8. The molecule has 0 heterocycles. The van der Waals surface area contributed by atoms with Crippen LogP contribution in [0.25, 0.3) is 0 Å². The summed E-state index contributed by atoms with van der Waals surface area (Å²) in [6.07, 6.45) is 8.65. The Morgan fingerprint density at radius 3 is 1.06 bits per heavy atom. The quantitative estimate of drug-likeness (QED) is 0.219. The molecule has 4 bridgehead atoms. The van der Waals surface area contributed by atoms with E-state index in [-0.39, 0.29) is 57.5 Å². The Kier molecular flexibility index (Phi) is 9.23. The number of aliphatic hydroxyl groups is 6. The van der Waals surface area contributed by atoms with Crippen molar-refractivity contribution in [3.63, 3.8) is 0 Å². The van der Waals surface area contributed by atoms with Crippen molar-refractivity contribution < 1.29 is 49.6 Å². The first-order chi connectivity index (χ1) is 24.1. The van der Waals surface area contributed by atoms with E-state index in [0.717, 1.165) is 64.2 Å². The van der Waals surface area contributed by atoms with Crippen molar-refractivity contribution in [1.29, 1.82) is 0 Å². The Morgan fingerprint density at radius 2 is 0.750 bits per heavy atom. The number of fused-ring (bicyclic) bond motifs is 6. The van der Waals surface area contributed by atoms with Crippen LogP contribution in [0.4, 0.5) is 0 Å². The minimum absolute atomic E-state index is 0.0232. The van der Waals surface area contributed by atoms with Crippen LogP contribution in [0.3, 0.4) is 0 Å². The van der Waals surface area contributed by atoms with Gasteiger partial charge in [-0.25, -0.2) is 0 Å². The molecule has 0 aromatic rings. The second-order valence-electron chi connectivity index (χ2n) is 20.7. The number of hydrogen-bond donors (Lipinski definition) is 6. The third kappa shape index (κ3) is 4.27. The van der Waals surface area contributed by atoms with Gasteiger partial charge in [-0.2, -0.15) is 0 Å². The highest BCUT2D eigenvalue weighted by Crippen LogP contribution is 2.76. The van der Waals surface area contributed by atoms with Gasteiger partial charge in [0.15, 0.2) is 11.6 Å². The summed E-state index contributed by atoms with van der Waals surface area (Å²) >= 11 is 0. The molecule has 0 aromatic carbocycles. The zero-order valence-corrected chi connectivity index (χ0v) is 33.8. The van der Waals surface area contributed by atoms with Gasteiger partial charge in [0.25, 0.3) is 0 Å². The van der Waals surface area contributed by atoms with Gasteiger partial charge in [0.2, 0.25) is 0 Å². The maximum Gasteiger partial charge on any atom is 0.197 e. The van der Waals surface area contributed by atoms with E-state index in [1.54, 1.807) is 28.4 Å². The fraction of sp³-hybridized carbons (Fsp3) is 1.00. The molecule has 10 saturated carbocycles. The summed E-state index contributed by atoms with van der Waals surface area (Å²) in [6.45, 7) is 13.0. The molecular formula is C42H72O10. The van der Waals surface area contributed by atoms with Crippen molar-refractivity contribution in [2.24, 2.45) is 56.2 Å². The summed E-state index contributed by atoms with van der Waals surface area (Å²) in [5.74, 6) is -1.61. The second-order valence-corrected chi connectivity index (χ2v) is 20.7. The van der Waals surface area contributed by atoms with Gasteiger partial charge >= 0.3 is 0 Å². The van der Waals surface area contributed by atoms with Gasteiger partial charge in [-0.1, -0.05) is 41.5 Å². The SMILES string of the molecule is COC1(OC)[C@@H]2CC[C@]3(CC[C@H]4C(C)(C)[C@@H](O)CC[C@]4(C)[C@@]3(O)C2)[C@H]1O.COC1(OC)[C@H]2CC[C@@]3(CC[C@@H]4C(C)(C)[C@H](O)CC[C@@]4(C)[C@]3(O)C2)[C@@H]1O. The molecular weight excluding hydrogens is 664 g/mol. The Morgan fingerprint density at radius 1 is 0.442 bits per heavy atom. The normalized spacial score (nSPS) is 54.5. The molecule has 14 atom stereocenters. The molecule has 10 heteroatoms. The van der Waals surface area contributed by atoms with Gasteiger partial charge in [-0.15, -0.1) is 0 Å². The van der Waals surface area contributed by atoms with E-state index in [1.165, 1.54) is 0 Å². The van der Waals surface area contributed by atoms with Gasteiger partial charge < -0.3 is 49.6 Å². The predicted octanol–water partition coefficient (Wildman–Crippen LogP) is 4.93. The first-order valence-electron chi connectivity index (χ1n) is 20.5. The number of hydrogen-bond acceptors (Lipinski definition) is 10. The Hall–Kier alpha value is -0.400. The van der Waals surface area contributed by atoms with Crippen LogP contribution in [0.5, 0.6) is 0 Å². The average Bonchev–Trinajstić information content (AvgIpc) is 3.10. The molecule has 10 aliphatic carbocycles. The standard InChI is InChI=1S/2C21H36O5/c2*1-17(2)14-7-11-19-10-6-13(21(25-4,26-5)16(19)23)12-20(19,24)18(14,3)9-8-15(17)22/h2*13-16,22-24H,6-12H2,1-5H3/t2*13-,14+,15+,16-,18+,19+,20+/m10/s1. The van der Waals surface area contributed by atoms with Crippen molar-refractivity contribution in [2.45, 2.75) is 179 Å². The monoisotopic (exact) mass is 737 g/mol. The fourth-order valence-electron chi connectivity index (χ4n) is 16.3. The van der Waals surface area contributed by atoms with Crippen LogP contribution in [0.1, 0.15) is 131 Å². The maximum atomic E-state index is 12.3. The summed E-state index contributed by atoms with van der Waals surface area (Å²) in [6, 6.07) is 0. The molecule has 0 aromatic heterocycles. The largest absolute Gasteiger partial charge is 0.393 e. The molecule has 6 N–H and O–H groups in total. The molecule has 0 amide bonds. The highest BCUT2D eigenvalue weighted by molar-refractivity contribution is 5.28. The highest BCUT2D eigenvalue weighted by Gasteiger charge is 2.80. The van der Waals surface area contributed by atoms with E-state index in [1.807, 2.05) is 0 Å². The van der Waals surface area contributed by atoms with Gasteiger partial charge in [-0.05, 0) is 113 Å². The van der Waals surface area contributed by atoms with Crippen molar-refractivity contribution in [3.05, 3.63) is 0 Å². The molecule has 0 radical (unpaired) electrons. The minimum atomic E-state index is -1.02. The van der Waals surface area contributed by atoms with Crippen molar-refractivity contribution in [2.75, 3.05) is 28.4 Å². The molecule has 300 valence electrons. The van der Waals surface area contributed by atoms with Crippen LogP contribution in [0.2, 0.25) is 0 Å². The van der Waals surface area contributed by atoms with Crippen LogP contribution >= 0.6 is 0 Å².